The molecule has 0 saturated carbocycles. The van der Waals surface area contributed by atoms with Crippen molar-refractivity contribution >= 4 is 24.6 Å². The molecule has 49 heavy (non-hydrogen) atoms. The molecule has 252 valence electrons. The molecule has 3 heterocycles. The number of nitrogens with one attached hydrogen (secondary N) is 1. The third kappa shape index (κ3) is 6.85. The van der Waals surface area contributed by atoms with Gasteiger partial charge in [-0.1, -0.05) is 86.6 Å². The van der Waals surface area contributed by atoms with Crippen molar-refractivity contribution in [2.45, 2.75) is 39.5 Å². The van der Waals surface area contributed by atoms with Crippen LogP contribution < -0.4 is 5.30 Å². The van der Waals surface area contributed by atoms with Crippen LogP contribution in [0.5, 0.6) is 0 Å². The molecule has 1 atom stereocenters. The fourth-order valence-corrected chi connectivity index (χ4v) is 8.70. The van der Waals surface area contributed by atoms with Crippen molar-refractivity contribution < 1.29 is 28.1 Å². The standard InChI is InChI=1S/C38H38N3O7P/c1-26-33(34(29-15-11-18-31(21-29)41(43)44)35(27(2)40-26)49(45)47-23-37(3,4)24-48-49)36(42)46-25-38(32-19-12-20-39-32,30-16-9-6-10-17-30)22-28-13-7-5-8-14-28/h5-21,39H,22-25H2,1-4H3. The topological polar surface area (TPSA) is 134 Å². The van der Waals surface area contributed by atoms with Crippen LogP contribution in [-0.4, -0.2) is 40.7 Å². The zero-order valence-electron chi connectivity index (χ0n) is 27.8. The van der Waals surface area contributed by atoms with Crippen molar-refractivity contribution in [3.8, 4) is 11.1 Å². The summed E-state index contributed by atoms with van der Waals surface area (Å²) in [5.41, 5.74) is 2.54. The molecule has 3 aromatic carbocycles. The minimum Gasteiger partial charge on any atom is -0.461 e. The molecular formula is C38H38N3O7P. The Bertz CT molecular complexity index is 2020. The number of hydrogen-bond acceptors (Lipinski definition) is 8. The number of carbonyl (C=O) groups excluding carboxylic acids is 1. The van der Waals surface area contributed by atoms with Gasteiger partial charge >= 0.3 is 13.6 Å². The molecule has 5 aromatic rings. The largest absolute Gasteiger partial charge is 0.461 e. The number of aryl methyl sites for hydroxylation is 2. The van der Waals surface area contributed by atoms with Crippen LogP contribution in [0.3, 0.4) is 0 Å². The third-order valence-electron chi connectivity index (χ3n) is 8.84. The second-order valence-corrected chi connectivity index (χ2v) is 15.1. The number of hydrogen-bond donors (Lipinski definition) is 1. The van der Waals surface area contributed by atoms with Gasteiger partial charge in [0, 0.05) is 35.0 Å². The first kappa shape index (κ1) is 34.0. The van der Waals surface area contributed by atoms with E-state index < -0.39 is 29.3 Å². The van der Waals surface area contributed by atoms with E-state index >= 15 is 0 Å². The highest BCUT2D eigenvalue weighted by molar-refractivity contribution is 7.62. The molecule has 1 N–H and O–H groups in total. The Morgan fingerprint density at radius 3 is 2.27 bits per heavy atom. The zero-order valence-corrected chi connectivity index (χ0v) is 28.7. The quantitative estimate of drug-likeness (QED) is 0.0682. The Labute approximate surface area is 285 Å². The number of nitrogens with zero attached hydrogens (tertiary/aromatic N) is 2. The summed E-state index contributed by atoms with van der Waals surface area (Å²) >= 11 is 0. The highest BCUT2D eigenvalue weighted by atomic mass is 31.2. The molecule has 0 amide bonds. The number of nitro groups is 1. The molecular weight excluding hydrogens is 641 g/mol. The minimum absolute atomic E-state index is 0.0292. The lowest BCUT2D eigenvalue weighted by Gasteiger charge is -2.35. The molecule has 1 aliphatic rings. The van der Waals surface area contributed by atoms with Gasteiger partial charge in [-0.2, -0.15) is 0 Å². The second kappa shape index (κ2) is 13.6. The number of rotatable bonds is 10. The van der Waals surface area contributed by atoms with Crippen LogP contribution in [-0.2, 0) is 30.2 Å². The zero-order chi connectivity index (χ0) is 34.8. The van der Waals surface area contributed by atoms with Gasteiger partial charge in [0.05, 0.1) is 45.8 Å². The minimum atomic E-state index is -4.04. The molecule has 1 saturated heterocycles. The van der Waals surface area contributed by atoms with Gasteiger partial charge < -0.3 is 18.8 Å². The molecule has 1 fully saturated rings. The van der Waals surface area contributed by atoms with Gasteiger partial charge in [-0.25, -0.2) is 4.79 Å². The third-order valence-corrected chi connectivity index (χ3v) is 10.9. The van der Waals surface area contributed by atoms with Gasteiger partial charge in [0.15, 0.2) is 0 Å². The van der Waals surface area contributed by atoms with Crippen molar-refractivity contribution in [3.05, 3.63) is 147 Å². The number of non-ortho nitro benzene ring substituents is 1. The Morgan fingerprint density at radius 2 is 1.63 bits per heavy atom. The van der Waals surface area contributed by atoms with Crippen molar-refractivity contribution in [2.24, 2.45) is 5.41 Å². The number of benzene rings is 3. The number of aromatic amines is 1. The van der Waals surface area contributed by atoms with Crippen molar-refractivity contribution in [1.29, 1.82) is 0 Å². The van der Waals surface area contributed by atoms with Gasteiger partial charge in [0.1, 0.15) is 6.61 Å². The maximum absolute atomic E-state index is 14.6. The average molecular weight is 680 g/mol. The highest BCUT2D eigenvalue weighted by Crippen LogP contribution is 2.55. The average Bonchev–Trinajstić information content (AvgIpc) is 3.64. The van der Waals surface area contributed by atoms with E-state index in [0.717, 1.165) is 16.8 Å². The summed E-state index contributed by atoms with van der Waals surface area (Å²) in [4.78, 5) is 33.9. The lowest BCUT2D eigenvalue weighted by Crippen LogP contribution is -2.38. The summed E-state index contributed by atoms with van der Waals surface area (Å²) in [7, 11) is -4.04. The molecule has 2 aromatic heterocycles. The van der Waals surface area contributed by atoms with E-state index in [9.17, 15) is 19.5 Å². The van der Waals surface area contributed by atoms with Crippen LogP contribution >= 0.6 is 7.60 Å². The smallest absolute Gasteiger partial charge is 0.363 e. The molecule has 0 bridgehead atoms. The van der Waals surface area contributed by atoms with Crippen molar-refractivity contribution in [2.75, 3.05) is 19.8 Å². The predicted octanol–water partition coefficient (Wildman–Crippen LogP) is 7.88. The summed E-state index contributed by atoms with van der Waals surface area (Å²) in [5.74, 6) is -0.725. The number of ether oxygens (including phenoxy) is 1. The molecule has 11 heteroatoms. The molecule has 1 aliphatic heterocycles. The summed E-state index contributed by atoms with van der Waals surface area (Å²) in [5, 5.41) is 11.9. The number of carbonyl (C=O) groups is 1. The fourth-order valence-electron chi connectivity index (χ4n) is 6.36. The maximum atomic E-state index is 14.6. The maximum Gasteiger partial charge on any atom is 0.363 e. The van der Waals surface area contributed by atoms with E-state index in [1.54, 1.807) is 19.9 Å². The monoisotopic (exact) mass is 679 g/mol. The van der Waals surface area contributed by atoms with Crippen LogP contribution in [0.1, 0.15) is 52.4 Å². The van der Waals surface area contributed by atoms with Crippen LogP contribution in [0.25, 0.3) is 11.1 Å². The lowest BCUT2D eigenvalue weighted by molar-refractivity contribution is -0.384. The summed E-state index contributed by atoms with van der Waals surface area (Å²) in [6.45, 7) is 7.40. The first-order valence-electron chi connectivity index (χ1n) is 16.0. The van der Waals surface area contributed by atoms with Gasteiger partial charge in [-0.3, -0.25) is 19.7 Å². The van der Waals surface area contributed by atoms with E-state index in [-0.39, 0.29) is 41.9 Å². The second-order valence-electron chi connectivity index (χ2n) is 13.2. The Kier molecular flexibility index (Phi) is 9.40. The van der Waals surface area contributed by atoms with Gasteiger partial charge in [0.2, 0.25) is 0 Å². The van der Waals surface area contributed by atoms with Crippen molar-refractivity contribution in [3.63, 3.8) is 0 Å². The van der Waals surface area contributed by atoms with Gasteiger partial charge in [-0.15, -0.1) is 0 Å². The predicted molar refractivity (Wildman–Crippen MR) is 187 cm³/mol. The van der Waals surface area contributed by atoms with Crippen LogP contribution in [0.2, 0.25) is 0 Å². The number of esters is 1. The van der Waals surface area contributed by atoms with E-state index in [4.69, 9.17) is 13.8 Å². The molecule has 10 nitrogen and oxygen atoms in total. The van der Waals surface area contributed by atoms with Crippen molar-refractivity contribution in [1.82, 2.24) is 9.97 Å². The van der Waals surface area contributed by atoms with Gasteiger partial charge in [0.25, 0.3) is 5.69 Å². The summed E-state index contributed by atoms with van der Waals surface area (Å²) in [6, 6.07) is 29.5. The Morgan fingerprint density at radius 1 is 0.959 bits per heavy atom. The highest BCUT2D eigenvalue weighted by Gasteiger charge is 2.44. The van der Waals surface area contributed by atoms with E-state index in [0.29, 0.717) is 23.4 Å². The van der Waals surface area contributed by atoms with Gasteiger partial charge in [-0.05, 0) is 49.1 Å². The SMILES string of the molecule is Cc1nc(C)c(P2(=O)OCC(C)(C)CO2)c(-c2cccc([N+](=O)[O-])c2)c1C(=O)OCC(Cc1ccccc1)(c1ccccc1)c1ccc[nH]1. The Balaban J connectivity index is 1.50. The van der Waals surface area contributed by atoms with Crippen LogP contribution in [0, 0.1) is 29.4 Å². The molecule has 6 rings (SSSR count). The number of H-pyrrole nitrogens is 1. The number of nitro benzene ring substituents is 1. The number of aromatic nitrogens is 2. The van der Waals surface area contributed by atoms with E-state index in [1.807, 2.05) is 92.8 Å². The fraction of sp³-hybridized carbons (Fsp3) is 0.263. The molecule has 1 unspecified atom stereocenters. The summed E-state index contributed by atoms with van der Waals surface area (Å²) < 4.78 is 32.7. The lowest BCUT2D eigenvalue weighted by atomic mass is 9.73. The number of pyridine rings is 1. The first-order chi connectivity index (χ1) is 23.4. The first-order valence-corrected chi connectivity index (χ1v) is 17.5. The summed E-state index contributed by atoms with van der Waals surface area (Å²) in [6.07, 6.45) is 2.34. The van der Waals surface area contributed by atoms with E-state index in [1.165, 1.54) is 18.2 Å². The molecule has 0 spiro atoms. The molecule has 0 radical (unpaired) electrons. The normalized spacial score (nSPS) is 16.4. The van der Waals surface area contributed by atoms with Crippen LogP contribution in [0.15, 0.2) is 103 Å². The van der Waals surface area contributed by atoms with Crippen LogP contribution in [0.4, 0.5) is 5.69 Å². The van der Waals surface area contributed by atoms with E-state index in [2.05, 4.69) is 9.97 Å². The molecule has 0 aliphatic carbocycles. The Hall–Kier alpha value is -4.89.